The Bertz CT molecular complexity index is 933. The van der Waals surface area contributed by atoms with Gasteiger partial charge in [-0.25, -0.2) is 19.7 Å². The quantitative estimate of drug-likeness (QED) is 0.593. The molecule has 0 saturated heterocycles. The molecular formula is C18H20ClN5O2S. The molecule has 0 aromatic carbocycles. The highest BCUT2D eigenvalue weighted by Crippen LogP contribution is 2.33. The summed E-state index contributed by atoms with van der Waals surface area (Å²) in [6.07, 6.45) is 3.04. The van der Waals surface area contributed by atoms with Crippen molar-refractivity contribution in [3.8, 4) is 10.4 Å². The average molecular weight is 406 g/mol. The van der Waals surface area contributed by atoms with Gasteiger partial charge in [-0.1, -0.05) is 29.9 Å². The molecular weight excluding hydrogens is 386 g/mol. The second kappa shape index (κ2) is 8.49. The number of aromatic nitrogens is 3. The Hall–Kier alpha value is -2.45. The molecule has 0 radical (unpaired) electrons. The van der Waals surface area contributed by atoms with E-state index in [-0.39, 0.29) is 6.03 Å². The molecule has 142 valence electrons. The minimum atomic E-state index is -0.318. The number of nitrogens with zero attached hydrogens (tertiary/aromatic N) is 3. The van der Waals surface area contributed by atoms with Crippen LogP contribution in [-0.4, -0.2) is 27.5 Å². The molecule has 0 bridgehead atoms. The number of thiazole rings is 1. The molecule has 0 atom stereocenters. The fourth-order valence-corrected chi connectivity index (χ4v) is 3.73. The predicted octanol–water partition coefficient (Wildman–Crippen LogP) is 4.39. The number of amides is 2. The first-order valence-electron chi connectivity index (χ1n) is 8.55. The summed E-state index contributed by atoms with van der Waals surface area (Å²) in [5, 5.41) is 6.50. The van der Waals surface area contributed by atoms with E-state index >= 15 is 0 Å². The van der Waals surface area contributed by atoms with Crippen LogP contribution in [0.25, 0.3) is 10.4 Å². The minimum Gasteiger partial charge on any atom is -0.446 e. The van der Waals surface area contributed by atoms with Crippen LogP contribution in [0.5, 0.6) is 0 Å². The maximum Gasteiger partial charge on any atom is 0.321 e. The smallest absolute Gasteiger partial charge is 0.321 e. The number of oxazole rings is 1. The normalized spacial score (nSPS) is 10.8. The van der Waals surface area contributed by atoms with Gasteiger partial charge in [0.1, 0.15) is 10.9 Å². The Morgan fingerprint density at radius 1 is 1.30 bits per heavy atom. The van der Waals surface area contributed by atoms with Crippen molar-refractivity contribution in [1.29, 1.82) is 0 Å². The molecule has 0 aliphatic rings. The van der Waals surface area contributed by atoms with E-state index in [1.54, 1.807) is 12.3 Å². The van der Waals surface area contributed by atoms with Crippen LogP contribution in [0.4, 0.5) is 9.93 Å². The minimum absolute atomic E-state index is 0.318. The van der Waals surface area contributed by atoms with Crippen molar-refractivity contribution in [2.75, 3.05) is 11.9 Å². The molecule has 0 aliphatic heterocycles. The molecule has 0 aliphatic carbocycles. The first-order valence-corrected chi connectivity index (χ1v) is 9.74. The first kappa shape index (κ1) is 19.3. The molecule has 9 heteroatoms. The number of aryl methyl sites for hydroxylation is 3. The van der Waals surface area contributed by atoms with Crippen molar-refractivity contribution in [3.05, 3.63) is 46.5 Å². The Morgan fingerprint density at radius 3 is 2.81 bits per heavy atom. The number of anilines is 1. The lowest BCUT2D eigenvalue weighted by Crippen LogP contribution is -2.30. The van der Waals surface area contributed by atoms with E-state index in [2.05, 4.69) is 25.6 Å². The van der Waals surface area contributed by atoms with Gasteiger partial charge in [0.25, 0.3) is 0 Å². The van der Waals surface area contributed by atoms with Gasteiger partial charge in [0.05, 0.1) is 16.8 Å². The van der Waals surface area contributed by atoms with Crippen LogP contribution in [0.3, 0.4) is 0 Å². The third-order valence-electron chi connectivity index (χ3n) is 3.78. The number of hydrogen-bond acceptors (Lipinski definition) is 6. The van der Waals surface area contributed by atoms with Gasteiger partial charge in [-0.15, -0.1) is 0 Å². The summed E-state index contributed by atoms with van der Waals surface area (Å²) in [4.78, 5) is 25.8. The lowest BCUT2D eigenvalue weighted by atomic mass is 10.2. The van der Waals surface area contributed by atoms with E-state index in [0.717, 1.165) is 34.0 Å². The van der Waals surface area contributed by atoms with Crippen molar-refractivity contribution < 1.29 is 9.21 Å². The average Bonchev–Trinajstić information content (AvgIpc) is 3.20. The van der Waals surface area contributed by atoms with E-state index < -0.39 is 0 Å². The summed E-state index contributed by atoms with van der Waals surface area (Å²) < 4.78 is 5.51. The second-order valence-corrected chi connectivity index (χ2v) is 7.34. The molecule has 3 aromatic heterocycles. The van der Waals surface area contributed by atoms with Gasteiger partial charge in [-0.3, -0.25) is 5.32 Å². The van der Waals surface area contributed by atoms with Crippen LogP contribution in [-0.2, 0) is 12.8 Å². The third-order valence-corrected chi connectivity index (χ3v) is 5.09. The zero-order valence-electron chi connectivity index (χ0n) is 15.3. The van der Waals surface area contributed by atoms with Gasteiger partial charge >= 0.3 is 6.03 Å². The Kier molecular flexibility index (Phi) is 6.08. The highest BCUT2D eigenvalue weighted by molar-refractivity contribution is 7.19. The van der Waals surface area contributed by atoms with E-state index in [1.807, 2.05) is 26.8 Å². The van der Waals surface area contributed by atoms with Crippen molar-refractivity contribution >= 4 is 34.1 Å². The van der Waals surface area contributed by atoms with Crippen LogP contribution >= 0.6 is 22.9 Å². The molecule has 3 heterocycles. The third kappa shape index (κ3) is 5.05. The molecule has 2 amide bonds. The molecule has 27 heavy (non-hydrogen) atoms. The summed E-state index contributed by atoms with van der Waals surface area (Å²) in [5.41, 5.74) is 2.59. The predicted molar refractivity (Wildman–Crippen MR) is 106 cm³/mol. The maximum absolute atomic E-state index is 12.1. The lowest BCUT2D eigenvalue weighted by Gasteiger charge is -2.03. The summed E-state index contributed by atoms with van der Waals surface area (Å²) in [5.74, 6) is 1.45. The van der Waals surface area contributed by atoms with Crippen LogP contribution < -0.4 is 10.6 Å². The Labute approximate surface area is 166 Å². The number of carbonyl (C=O) groups is 1. The highest BCUT2D eigenvalue weighted by Gasteiger charge is 2.13. The maximum atomic E-state index is 12.1. The second-order valence-electron chi connectivity index (χ2n) is 5.96. The number of nitrogens with one attached hydrogen (secondary N) is 2. The van der Waals surface area contributed by atoms with Crippen LogP contribution in [0, 0.1) is 13.8 Å². The fraction of sp³-hybridized carbons (Fsp3) is 0.333. The number of carbonyl (C=O) groups excluding carboxylic acids is 1. The largest absolute Gasteiger partial charge is 0.446 e. The molecule has 2 N–H and O–H groups in total. The standard InChI is InChI=1S/C18H20ClN5O2S/c1-4-13-9-21-15(26-13)5-6-20-17(25)24-18-23-11(3)16(27-18)12-7-10(2)22-14(19)8-12/h7-9H,4-6H2,1-3H3,(H2,20,23,24,25). The zero-order chi connectivity index (χ0) is 19.4. The molecule has 0 unspecified atom stereocenters. The van der Waals surface area contributed by atoms with Crippen LogP contribution in [0.1, 0.15) is 30.0 Å². The molecule has 0 spiro atoms. The van der Waals surface area contributed by atoms with Crippen LogP contribution in [0.2, 0.25) is 5.15 Å². The fourth-order valence-electron chi connectivity index (χ4n) is 2.53. The van der Waals surface area contributed by atoms with E-state index in [0.29, 0.717) is 29.1 Å². The molecule has 7 nitrogen and oxygen atoms in total. The van der Waals surface area contributed by atoms with Gasteiger partial charge in [-0.2, -0.15) is 0 Å². The van der Waals surface area contributed by atoms with E-state index in [1.165, 1.54) is 11.3 Å². The highest BCUT2D eigenvalue weighted by atomic mass is 35.5. The van der Waals surface area contributed by atoms with Crippen LogP contribution in [0.15, 0.2) is 22.7 Å². The summed E-state index contributed by atoms with van der Waals surface area (Å²) >= 11 is 7.44. The molecule has 0 saturated carbocycles. The lowest BCUT2D eigenvalue weighted by molar-refractivity contribution is 0.252. The van der Waals surface area contributed by atoms with Gasteiger partial charge in [0.15, 0.2) is 11.0 Å². The van der Waals surface area contributed by atoms with Crippen molar-refractivity contribution in [2.24, 2.45) is 0 Å². The molecule has 3 rings (SSSR count). The van der Waals surface area contributed by atoms with E-state index in [4.69, 9.17) is 16.0 Å². The molecule has 3 aromatic rings. The summed E-state index contributed by atoms with van der Waals surface area (Å²) in [6, 6.07) is 3.42. The summed E-state index contributed by atoms with van der Waals surface area (Å²) in [6.45, 7) is 6.20. The summed E-state index contributed by atoms with van der Waals surface area (Å²) in [7, 11) is 0. The number of pyridine rings is 1. The number of rotatable bonds is 6. The SMILES string of the molecule is CCc1cnc(CCNC(=O)Nc2nc(C)c(-c3cc(C)nc(Cl)c3)s2)o1. The Morgan fingerprint density at radius 2 is 2.11 bits per heavy atom. The Balaban J connectivity index is 1.58. The van der Waals surface area contributed by atoms with Gasteiger partial charge in [-0.05, 0) is 31.5 Å². The van der Waals surface area contributed by atoms with Gasteiger partial charge in [0.2, 0.25) is 0 Å². The number of urea groups is 1. The number of hydrogen-bond donors (Lipinski definition) is 2. The van der Waals surface area contributed by atoms with Crippen molar-refractivity contribution in [1.82, 2.24) is 20.3 Å². The first-order chi connectivity index (χ1) is 12.9. The topological polar surface area (TPSA) is 92.9 Å². The molecule has 0 fully saturated rings. The van der Waals surface area contributed by atoms with Crippen molar-refractivity contribution in [2.45, 2.75) is 33.6 Å². The van der Waals surface area contributed by atoms with Crippen molar-refractivity contribution in [3.63, 3.8) is 0 Å². The van der Waals surface area contributed by atoms with Gasteiger partial charge in [0, 0.05) is 25.1 Å². The zero-order valence-corrected chi connectivity index (χ0v) is 16.9. The van der Waals surface area contributed by atoms with Gasteiger partial charge < -0.3 is 9.73 Å². The monoisotopic (exact) mass is 405 g/mol. The number of halogens is 1. The van der Waals surface area contributed by atoms with E-state index in [9.17, 15) is 4.79 Å².